The molecule has 0 fully saturated rings. The SMILES string of the molecule is C[C@@H](NC(=O)/C(=C/c1ccc(Cl)cc1)NC(=O)c1ccccc1)C(=O)O. The van der Waals surface area contributed by atoms with Gasteiger partial charge in [-0.25, -0.2) is 0 Å². The van der Waals surface area contributed by atoms with E-state index >= 15 is 0 Å². The molecule has 26 heavy (non-hydrogen) atoms. The summed E-state index contributed by atoms with van der Waals surface area (Å²) in [6, 6.07) is 13.9. The molecule has 2 rings (SSSR count). The Balaban J connectivity index is 2.28. The van der Waals surface area contributed by atoms with Crippen LogP contribution in [0.15, 0.2) is 60.3 Å². The lowest BCUT2D eigenvalue weighted by Crippen LogP contribution is -2.42. The molecule has 2 amide bonds. The molecule has 0 bridgehead atoms. The number of carbonyl (C=O) groups excluding carboxylic acids is 2. The molecule has 3 N–H and O–H groups in total. The van der Waals surface area contributed by atoms with Crippen LogP contribution in [0.3, 0.4) is 0 Å². The number of carboxylic acids is 1. The normalized spacial score (nSPS) is 12.2. The summed E-state index contributed by atoms with van der Waals surface area (Å²) in [6.45, 7) is 1.33. The first-order valence-corrected chi connectivity index (χ1v) is 8.12. The number of rotatable bonds is 6. The molecule has 0 saturated carbocycles. The van der Waals surface area contributed by atoms with E-state index in [0.29, 0.717) is 16.1 Å². The highest BCUT2D eigenvalue weighted by Gasteiger charge is 2.19. The van der Waals surface area contributed by atoms with Crippen molar-refractivity contribution in [2.24, 2.45) is 0 Å². The van der Waals surface area contributed by atoms with Crippen molar-refractivity contribution in [2.45, 2.75) is 13.0 Å². The topological polar surface area (TPSA) is 95.5 Å². The van der Waals surface area contributed by atoms with Crippen LogP contribution in [0.5, 0.6) is 0 Å². The lowest BCUT2D eigenvalue weighted by molar-refractivity contribution is -0.140. The fourth-order valence-electron chi connectivity index (χ4n) is 2.00. The minimum atomic E-state index is -1.18. The number of nitrogens with one attached hydrogen (secondary N) is 2. The van der Waals surface area contributed by atoms with Gasteiger partial charge in [0.05, 0.1) is 0 Å². The second-order valence-corrected chi connectivity index (χ2v) is 5.90. The van der Waals surface area contributed by atoms with Gasteiger partial charge >= 0.3 is 5.97 Å². The van der Waals surface area contributed by atoms with Crippen LogP contribution in [-0.4, -0.2) is 28.9 Å². The molecule has 0 aromatic heterocycles. The monoisotopic (exact) mass is 372 g/mol. The van der Waals surface area contributed by atoms with E-state index < -0.39 is 23.8 Å². The van der Waals surface area contributed by atoms with Crippen molar-refractivity contribution < 1.29 is 19.5 Å². The molecule has 0 aliphatic carbocycles. The fourth-order valence-corrected chi connectivity index (χ4v) is 2.13. The van der Waals surface area contributed by atoms with Crippen molar-refractivity contribution in [1.29, 1.82) is 0 Å². The van der Waals surface area contributed by atoms with Gasteiger partial charge in [0.1, 0.15) is 11.7 Å². The maximum Gasteiger partial charge on any atom is 0.325 e. The van der Waals surface area contributed by atoms with Gasteiger partial charge in [0.25, 0.3) is 11.8 Å². The molecule has 0 saturated heterocycles. The number of halogens is 1. The maximum absolute atomic E-state index is 12.4. The van der Waals surface area contributed by atoms with Crippen LogP contribution in [0.25, 0.3) is 6.08 Å². The van der Waals surface area contributed by atoms with Crippen LogP contribution in [-0.2, 0) is 9.59 Å². The van der Waals surface area contributed by atoms with Crippen molar-refractivity contribution in [1.82, 2.24) is 10.6 Å². The third-order valence-electron chi connectivity index (χ3n) is 3.43. The smallest absolute Gasteiger partial charge is 0.325 e. The van der Waals surface area contributed by atoms with Gasteiger partial charge in [-0.1, -0.05) is 41.9 Å². The summed E-state index contributed by atoms with van der Waals surface area (Å²) in [4.78, 5) is 35.7. The molecule has 134 valence electrons. The summed E-state index contributed by atoms with van der Waals surface area (Å²) >= 11 is 5.84. The van der Waals surface area contributed by atoms with Crippen LogP contribution in [0.2, 0.25) is 5.02 Å². The van der Waals surface area contributed by atoms with Gasteiger partial charge in [0.2, 0.25) is 0 Å². The zero-order valence-electron chi connectivity index (χ0n) is 13.9. The molecule has 7 heteroatoms. The summed E-state index contributed by atoms with van der Waals surface area (Å²) in [5.41, 5.74) is 0.916. The molecular formula is C19H17ClN2O4. The van der Waals surface area contributed by atoms with E-state index in [9.17, 15) is 14.4 Å². The van der Waals surface area contributed by atoms with E-state index in [4.69, 9.17) is 16.7 Å². The van der Waals surface area contributed by atoms with E-state index in [0.717, 1.165) is 0 Å². The first-order chi connectivity index (χ1) is 12.4. The third-order valence-corrected chi connectivity index (χ3v) is 3.68. The number of hydrogen-bond acceptors (Lipinski definition) is 3. The highest BCUT2D eigenvalue weighted by molar-refractivity contribution is 6.30. The van der Waals surface area contributed by atoms with Gasteiger partial charge in [-0.05, 0) is 42.8 Å². The minimum Gasteiger partial charge on any atom is -0.480 e. The lowest BCUT2D eigenvalue weighted by Gasteiger charge is -2.13. The van der Waals surface area contributed by atoms with Crippen molar-refractivity contribution in [2.75, 3.05) is 0 Å². The zero-order valence-corrected chi connectivity index (χ0v) is 14.7. The van der Waals surface area contributed by atoms with Gasteiger partial charge in [0.15, 0.2) is 0 Å². The second-order valence-electron chi connectivity index (χ2n) is 5.46. The van der Waals surface area contributed by atoms with Crippen molar-refractivity contribution in [3.8, 4) is 0 Å². The van der Waals surface area contributed by atoms with Gasteiger partial charge in [-0.2, -0.15) is 0 Å². The molecule has 0 aliphatic heterocycles. The van der Waals surface area contributed by atoms with E-state index in [1.807, 2.05) is 0 Å². The summed E-state index contributed by atoms with van der Waals surface area (Å²) in [5.74, 6) is -2.37. The number of aliphatic carboxylic acids is 1. The van der Waals surface area contributed by atoms with E-state index in [2.05, 4.69) is 10.6 Å². The van der Waals surface area contributed by atoms with Crippen LogP contribution < -0.4 is 10.6 Å². The summed E-state index contributed by atoms with van der Waals surface area (Å²) in [6.07, 6.45) is 1.45. The van der Waals surface area contributed by atoms with Gasteiger partial charge < -0.3 is 15.7 Å². The quantitative estimate of drug-likeness (QED) is 0.679. The zero-order chi connectivity index (χ0) is 19.1. The van der Waals surface area contributed by atoms with Crippen LogP contribution in [0.1, 0.15) is 22.8 Å². The molecule has 2 aromatic rings. The molecule has 0 aliphatic rings. The molecular weight excluding hydrogens is 356 g/mol. The Bertz CT molecular complexity index is 832. The summed E-state index contributed by atoms with van der Waals surface area (Å²) in [7, 11) is 0. The van der Waals surface area contributed by atoms with Gasteiger partial charge in [0, 0.05) is 10.6 Å². The Morgan fingerprint density at radius 1 is 1.04 bits per heavy atom. The van der Waals surface area contributed by atoms with E-state index in [-0.39, 0.29) is 5.70 Å². The average Bonchev–Trinajstić information content (AvgIpc) is 2.63. The highest BCUT2D eigenvalue weighted by atomic mass is 35.5. The maximum atomic E-state index is 12.4. The minimum absolute atomic E-state index is 0.0747. The Kier molecular flexibility index (Phi) is 6.52. The predicted molar refractivity (Wildman–Crippen MR) is 98.6 cm³/mol. The number of carboxylic acid groups (broad SMARTS) is 1. The molecule has 0 heterocycles. The number of benzene rings is 2. The first kappa shape index (κ1) is 19.2. The number of carbonyl (C=O) groups is 3. The molecule has 1 atom stereocenters. The first-order valence-electron chi connectivity index (χ1n) is 7.74. The predicted octanol–water partition coefficient (Wildman–Crippen LogP) is 2.70. The number of hydrogen-bond donors (Lipinski definition) is 3. The third kappa shape index (κ3) is 5.46. The summed E-state index contributed by atoms with van der Waals surface area (Å²) in [5, 5.41) is 14.3. The van der Waals surface area contributed by atoms with Crippen LogP contribution in [0, 0.1) is 0 Å². The largest absolute Gasteiger partial charge is 0.480 e. The molecule has 0 radical (unpaired) electrons. The Morgan fingerprint density at radius 2 is 1.65 bits per heavy atom. The molecule has 0 spiro atoms. The Labute approximate surface area is 155 Å². The van der Waals surface area contributed by atoms with Crippen molar-refractivity contribution in [3.05, 3.63) is 76.4 Å². The van der Waals surface area contributed by atoms with Gasteiger partial charge in [-0.15, -0.1) is 0 Å². The average molecular weight is 373 g/mol. The fraction of sp³-hybridized carbons (Fsp3) is 0.105. The lowest BCUT2D eigenvalue weighted by atomic mass is 10.1. The van der Waals surface area contributed by atoms with Crippen LogP contribution in [0.4, 0.5) is 0 Å². The van der Waals surface area contributed by atoms with Gasteiger partial charge in [-0.3, -0.25) is 14.4 Å². The number of amides is 2. The van der Waals surface area contributed by atoms with E-state index in [1.54, 1.807) is 54.6 Å². The van der Waals surface area contributed by atoms with E-state index in [1.165, 1.54) is 13.0 Å². The molecule has 0 unspecified atom stereocenters. The second kappa shape index (κ2) is 8.82. The Morgan fingerprint density at radius 3 is 2.23 bits per heavy atom. The molecule has 2 aromatic carbocycles. The molecule has 6 nitrogen and oxygen atoms in total. The van der Waals surface area contributed by atoms with Crippen LogP contribution >= 0.6 is 11.6 Å². The van der Waals surface area contributed by atoms with Crippen molar-refractivity contribution >= 4 is 35.5 Å². The Hall–Kier alpha value is -3.12. The highest BCUT2D eigenvalue weighted by Crippen LogP contribution is 2.12. The van der Waals surface area contributed by atoms with Crippen molar-refractivity contribution in [3.63, 3.8) is 0 Å². The summed E-state index contributed by atoms with van der Waals surface area (Å²) < 4.78 is 0. The standard InChI is InChI=1S/C19H17ClN2O4/c1-12(19(25)26)21-18(24)16(11-13-7-9-15(20)10-8-13)22-17(23)14-5-3-2-4-6-14/h2-12H,1H3,(H,21,24)(H,22,23)(H,25,26)/b16-11-/t12-/m1/s1.